The second kappa shape index (κ2) is 5.55. The lowest BCUT2D eigenvalue weighted by Gasteiger charge is -2.07. The van der Waals surface area contributed by atoms with Crippen LogP contribution in [0.2, 0.25) is 0 Å². The Bertz CT molecular complexity index is 677. The van der Waals surface area contributed by atoms with Gasteiger partial charge in [-0.1, -0.05) is 6.07 Å². The van der Waals surface area contributed by atoms with Crippen LogP contribution >= 0.6 is 15.9 Å². The Kier molecular flexibility index (Phi) is 3.83. The maximum atomic E-state index is 10.9. The third-order valence-corrected chi connectivity index (χ3v) is 3.03. The highest BCUT2D eigenvalue weighted by Gasteiger charge is 2.09. The Hall–Kier alpha value is -2.32. The van der Waals surface area contributed by atoms with E-state index in [4.69, 9.17) is 15.1 Å². The Balaban J connectivity index is 2.26. The average molecular weight is 318 g/mol. The Labute approximate surface area is 118 Å². The van der Waals surface area contributed by atoms with Crippen LogP contribution in [0.5, 0.6) is 11.5 Å². The number of hydrogen-bond donors (Lipinski definition) is 1. The molecule has 0 atom stereocenters. The molecule has 0 bridgehead atoms. The van der Waals surface area contributed by atoms with Crippen LogP contribution in [0.25, 0.3) is 0 Å². The van der Waals surface area contributed by atoms with Crippen LogP contribution in [0.3, 0.4) is 0 Å². The van der Waals surface area contributed by atoms with Crippen molar-refractivity contribution in [2.45, 2.75) is 0 Å². The first-order valence-corrected chi connectivity index (χ1v) is 6.10. The lowest BCUT2D eigenvalue weighted by atomic mass is 10.2. The zero-order valence-electron chi connectivity index (χ0n) is 9.63. The molecular formula is C14H8BrNO3. The van der Waals surface area contributed by atoms with Crippen LogP contribution < -0.4 is 4.74 Å². The van der Waals surface area contributed by atoms with Crippen molar-refractivity contribution in [3.8, 4) is 17.6 Å². The molecule has 0 aliphatic carbocycles. The molecule has 2 aromatic carbocycles. The van der Waals surface area contributed by atoms with E-state index in [0.29, 0.717) is 21.5 Å². The lowest BCUT2D eigenvalue weighted by molar-refractivity contribution is 0.0696. The molecule has 0 aromatic heterocycles. The lowest BCUT2D eigenvalue weighted by Crippen LogP contribution is -1.97. The van der Waals surface area contributed by atoms with Crippen LogP contribution in [0.4, 0.5) is 0 Å². The first kappa shape index (κ1) is 13.1. The highest BCUT2D eigenvalue weighted by Crippen LogP contribution is 2.27. The van der Waals surface area contributed by atoms with Gasteiger partial charge in [0.05, 0.1) is 17.2 Å². The number of carboxylic acid groups (broad SMARTS) is 1. The van der Waals surface area contributed by atoms with Crippen LogP contribution in [0.15, 0.2) is 46.9 Å². The molecule has 0 fully saturated rings. The minimum absolute atomic E-state index is 0.165. The topological polar surface area (TPSA) is 70.3 Å². The molecule has 0 spiro atoms. The Morgan fingerprint density at radius 3 is 2.58 bits per heavy atom. The number of rotatable bonds is 3. The summed E-state index contributed by atoms with van der Waals surface area (Å²) in [5.74, 6) is 0.00546. The minimum Gasteiger partial charge on any atom is -0.478 e. The number of ether oxygens (including phenoxy) is 1. The van der Waals surface area contributed by atoms with Gasteiger partial charge in [-0.25, -0.2) is 4.79 Å². The SMILES string of the molecule is N#Cc1cccc(Oc2ccc(C(=O)O)c(Br)c2)c1. The molecule has 0 heterocycles. The molecule has 2 aromatic rings. The number of halogens is 1. The Morgan fingerprint density at radius 1 is 1.21 bits per heavy atom. The van der Waals surface area contributed by atoms with Crippen LogP contribution in [-0.4, -0.2) is 11.1 Å². The number of benzene rings is 2. The van der Waals surface area contributed by atoms with E-state index in [-0.39, 0.29) is 5.56 Å². The van der Waals surface area contributed by atoms with E-state index in [1.165, 1.54) is 6.07 Å². The predicted molar refractivity (Wildman–Crippen MR) is 72.3 cm³/mol. The fraction of sp³-hybridized carbons (Fsp3) is 0. The smallest absolute Gasteiger partial charge is 0.336 e. The third kappa shape index (κ3) is 3.12. The summed E-state index contributed by atoms with van der Waals surface area (Å²) < 4.78 is 6.00. The molecule has 94 valence electrons. The van der Waals surface area contributed by atoms with Gasteiger partial charge in [0.2, 0.25) is 0 Å². The van der Waals surface area contributed by atoms with E-state index >= 15 is 0 Å². The second-order valence-corrected chi connectivity index (χ2v) is 4.54. The minimum atomic E-state index is -1.01. The van der Waals surface area contributed by atoms with Gasteiger partial charge >= 0.3 is 5.97 Å². The van der Waals surface area contributed by atoms with Crippen molar-refractivity contribution in [1.29, 1.82) is 5.26 Å². The molecule has 19 heavy (non-hydrogen) atoms. The van der Waals surface area contributed by atoms with Crippen LogP contribution in [0.1, 0.15) is 15.9 Å². The van der Waals surface area contributed by atoms with Crippen molar-refractivity contribution in [3.05, 3.63) is 58.1 Å². The molecule has 1 N–H and O–H groups in total. The van der Waals surface area contributed by atoms with Crippen molar-refractivity contribution in [2.24, 2.45) is 0 Å². The van der Waals surface area contributed by atoms with Gasteiger partial charge in [-0.3, -0.25) is 0 Å². The molecular weight excluding hydrogens is 310 g/mol. The highest BCUT2D eigenvalue weighted by molar-refractivity contribution is 9.10. The van der Waals surface area contributed by atoms with E-state index < -0.39 is 5.97 Å². The highest BCUT2D eigenvalue weighted by atomic mass is 79.9. The van der Waals surface area contributed by atoms with Crippen LogP contribution in [0, 0.1) is 11.3 Å². The van der Waals surface area contributed by atoms with Crippen molar-refractivity contribution >= 4 is 21.9 Å². The van der Waals surface area contributed by atoms with E-state index in [2.05, 4.69) is 15.9 Å². The summed E-state index contributed by atoms with van der Waals surface area (Å²) in [5.41, 5.74) is 0.664. The summed E-state index contributed by atoms with van der Waals surface area (Å²) in [4.78, 5) is 10.9. The fourth-order valence-corrected chi connectivity index (χ4v) is 2.03. The van der Waals surface area contributed by atoms with E-state index in [1.807, 2.05) is 6.07 Å². The zero-order valence-corrected chi connectivity index (χ0v) is 11.2. The van der Waals surface area contributed by atoms with Crippen molar-refractivity contribution < 1.29 is 14.6 Å². The number of nitriles is 1. The van der Waals surface area contributed by atoms with Gasteiger partial charge in [0.1, 0.15) is 11.5 Å². The second-order valence-electron chi connectivity index (χ2n) is 3.69. The number of nitrogens with zero attached hydrogens (tertiary/aromatic N) is 1. The van der Waals surface area contributed by atoms with Gasteiger partial charge in [-0.15, -0.1) is 0 Å². The van der Waals surface area contributed by atoms with Gasteiger partial charge in [-0.2, -0.15) is 5.26 Å². The molecule has 0 saturated carbocycles. The van der Waals surface area contributed by atoms with E-state index in [9.17, 15) is 4.79 Å². The zero-order chi connectivity index (χ0) is 13.8. The summed E-state index contributed by atoms with van der Waals surface area (Å²) in [6, 6.07) is 13.3. The summed E-state index contributed by atoms with van der Waals surface area (Å²) in [6.07, 6.45) is 0. The van der Waals surface area contributed by atoms with Crippen molar-refractivity contribution in [3.63, 3.8) is 0 Å². The average Bonchev–Trinajstić information content (AvgIpc) is 2.38. The Morgan fingerprint density at radius 2 is 1.95 bits per heavy atom. The standard InChI is InChI=1S/C14H8BrNO3/c15-13-7-11(4-5-12(13)14(17)18)19-10-3-1-2-9(6-10)8-16/h1-7H,(H,17,18). The van der Waals surface area contributed by atoms with Gasteiger partial charge in [0.25, 0.3) is 0 Å². The molecule has 5 heteroatoms. The molecule has 2 rings (SSSR count). The molecule has 0 saturated heterocycles. The molecule has 4 nitrogen and oxygen atoms in total. The maximum absolute atomic E-state index is 10.9. The first-order valence-electron chi connectivity index (χ1n) is 5.31. The number of aromatic carboxylic acids is 1. The number of carbonyl (C=O) groups is 1. The predicted octanol–water partition coefficient (Wildman–Crippen LogP) is 3.81. The molecule has 0 aliphatic heterocycles. The number of hydrogen-bond acceptors (Lipinski definition) is 3. The van der Waals surface area contributed by atoms with Gasteiger partial charge in [0, 0.05) is 4.47 Å². The third-order valence-electron chi connectivity index (χ3n) is 2.37. The molecule has 0 amide bonds. The molecule has 0 unspecified atom stereocenters. The van der Waals surface area contributed by atoms with Crippen molar-refractivity contribution in [1.82, 2.24) is 0 Å². The first-order chi connectivity index (χ1) is 9.10. The summed E-state index contributed by atoms with van der Waals surface area (Å²) in [7, 11) is 0. The summed E-state index contributed by atoms with van der Waals surface area (Å²) in [6.45, 7) is 0. The quantitative estimate of drug-likeness (QED) is 0.934. The van der Waals surface area contributed by atoms with E-state index in [0.717, 1.165) is 0 Å². The largest absolute Gasteiger partial charge is 0.478 e. The normalized spacial score (nSPS) is 9.68. The molecule has 0 radical (unpaired) electrons. The van der Waals surface area contributed by atoms with Gasteiger partial charge < -0.3 is 9.84 Å². The summed E-state index contributed by atoms with van der Waals surface area (Å²) >= 11 is 3.18. The van der Waals surface area contributed by atoms with Crippen molar-refractivity contribution in [2.75, 3.05) is 0 Å². The summed E-state index contributed by atoms with van der Waals surface area (Å²) in [5, 5.41) is 17.7. The molecule has 0 aliphatic rings. The van der Waals surface area contributed by atoms with Gasteiger partial charge in [-0.05, 0) is 52.3 Å². The van der Waals surface area contributed by atoms with Crippen LogP contribution in [-0.2, 0) is 0 Å². The van der Waals surface area contributed by atoms with Gasteiger partial charge in [0.15, 0.2) is 0 Å². The maximum Gasteiger partial charge on any atom is 0.336 e. The fourth-order valence-electron chi connectivity index (χ4n) is 1.50. The monoisotopic (exact) mass is 317 g/mol. The number of carboxylic acids is 1. The van der Waals surface area contributed by atoms with E-state index in [1.54, 1.807) is 36.4 Å².